The Hall–Kier alpha value is -2.58. The summed E-state index contributed by atoms with van der Waals surface area (Å²) in [5.41, 5.74) is 5.77. The molecule has 0 spiro atoms. The number of amides is 2. The Morgan fingerprint density at radius 2 is 2.04 bits per heavy atom. The second-order valence-electron chi connectivity index (χ2n) is 5.44. The number of nitrogens with one attached hydrogen (secondary N) is 1. The molecule has 136 valence electrons. The number of nitro benzene ring substituents is 1. The van der Waals surface area contributed by atoms with Crippen LogP contribution in [0.2, 0.25) is 5.02 Å². The van der Waals surface area contributed by atoms with E-state index in [2.05, 4.69) is 5.32 Å². The molecule has 0 saturated heterocycles. The zero-order valence-electron chi connectivity index (χ0n) is 13.8. The van der Waals surface area contributed by atoms with Gasteiger partial charge >= 0.3 is 0 Å². The van der Waals surface area contributed by atoms with Gasteiger partial charge in [-0.3, -0.25) is 19.7 Å². The van der Waals surface area contributed by atoms with Crippen molar-refractivity contribution in [2.75, 3.05) is 5.75 Å². The zero-order valence-corrected chi connectivity index (χ0v) is 15.3. The number of nitrogens with zero attached hydrogens (tertiary/aromatic N) is 1. The summed E-state index contributed by atoms with van der Waals surface area (Å²) in [6, 6.07) is 10.8. The molecule has 0 aliphatic heterocycles. The molecule has 3 N–H and O–H groups in total. The normalized spacial score (nSPS) is 11.6. The van der Waals surface area contributed by atoms with E-state index in [0.29, 0.717) is 5.02 Å². The van der Waals surface area contributed by atoms with Gasteiger partial charge in [-0.2, -0.15) is 0 Å². The second kappa shape index (κ2) is 8.68. The number of carbonyl (C=O) groups excluding carboxylic acids is 2. The van der Waals surface area contributed by atoms with Crippen molar-refractivity contribution in [3.8, 4) is 0 Å². The average molecular weight is 394 g/mol. The topological polar surface area (TPSA) is 115 Å². The smallest absolute Gasteiger partial charge is 0.283 e. The fourth-order valence-electron chi connectivity index (χ4n) is 2.22. The molecular weight excluding hydrogens is 378 g/mol. The summed E-state index contributed by atoms with van der Waals surface area (Å²) in [4.78, 5) is 34.1. The highest BCUT2D eigenvalue weighted by Gasteiger charge is 2.18. The summed E-state index contributed by atoms with van der Waals surface area (Å²) in [5.74, 6) is -1.05. The van der Waals surface area contributed by atoms with Gasteiger partial charge in [0.2, 0.25) is 11.8 Å². The first-order chi connectivity index (χ1) is 12.3. The maximum Gasteiger partial charge on any atom is 0.283 e. The van der Waals surface area contributed by atoms with Crippen molar-refractivity contribution >= 4 is 40.9 Å². The van der Waals surface area contributed by atoms with E-state index in [1.807, 2.05) is 13.0 Å². The quantitative estimate of drug-likeness (QED) is 0.425. The molecule has 26 heavy (non-hydrogen) atoms. The second-order valence-corrected chi connectivity index (χ2v) is 6.89. The molecule has 1 unspecified atom stereocenters. The van der Waals surface area contributed by atoms with Crippen LogP contribution in [0.4, 0.5) is 5.69 Å². The van der Waals surface area contributed by atoms with Crippen molar-refractivity contribution in [1.29, 1.82) is 0 Å². The monoisotopic (exact) mass is 393 g/mol. The molecule has 0 aliphatic carbocycles. The number of halogens is 1. The Bertz CT molecular complexity index is 860. The van der Waals surface area contributed by atoms with Gasteiger partial charge in [0.25, 0.3) is 5.69 Å². The number of primary amides is 1. The fourth-order valence-corrected chi connectivity index (χ4v) is 3.24. The van der Waals surface area contributed by atoms with E-state index in [9.17, 15) is 19.7 Å². The Labute approximate surface area is 159 Å². The molecule has 0 bridgehead atoms. The fraction of sp³-hybridized carbons (Fsp3) is 0.176. The van der Waals surface area contributed by atoms with Gasteiger partial charge < -0.3 is 11.1 Å². The van der Waals surface area contributed by atoms with Crippen LogP contribution in [0.5, 0.6) is 0 Å². The van der Waals surface area contributed by atoms with Gasteiger partial charge in [0.05, 0.1) is 21.6 Å². The molecule has 0 radical (unpaired) electrons. The molecule has 0 aliphatic rings. The molecule has 0 fully saturated rings. The SMILES string of the molecule is CC(NC(=O)CSc1ccc(C(N)=O)cc1[N+](=O)[O-])c1cccc(Cl)c1. The van der Waals surface area contributed by atoms with Gasteiger partial charge in [0.1, 0.15) is 0 Å². The van der Waals surface area contributed by atoms with Crippen LogP contribution in [0.15, 0.2) is 47.4 Å². The molecule has 0 heterocycles. The van der Waals surface area contributed by atoms with Crippen LogP contribution < -0.4 is 11.1 Å². The number of nitrogens with two attached hydrogens (primary N) is 1. The molecule has 7 nitrogen and oxygen atoms in total. The van der Waals surface area contributed by atoms with Crippen molar-refractivity contribution in [3.05, 3.63) is 68.7 Å². The maximum atomic E-state index is 12.1. The largest absolute Gasteiger partial charge is 0.366 e. The van der Waals surface area contributed by atoms with Crippen molar-refractivity contribution in [2.24, 2.45) is 5.73 Å². The summed E-state index contributed by atoms with van der Waals surface area (Å²) in [6.45, 7) is 1.82. The van der Waals surface area contributed by atoms with E-state index in [1.165, 1.54) is 12.1 Å². The minimum atomic E-state index is -0.752. The Kier molecular flexibility index (Phi) is 6.59. The number of hydrogen-bond donors (Lipinski definition) is 2. The van der Waals surface area contributed by atoms with Crippen LogP contribution in [0.1, 0.15) is 28.9 Å². The predicted molar refractivity (Wildman–Crippen MR) is 100 cm³/mol. The van der Waals surface area contributed by atoms with Crippen LogP contribution in [0.3, 0.4) is 0 Å². The first kappa shape index (κ1) is 19.7. The van der Waals surface area contributed by atoms with Crippen LogP contribution in [0, 0.1) is 10.1 Å². The van der Waals surface area contributed by atoms with Crippen molar-refractivity contribution in [1.82, 2.24) is 5.32 Å². The number of benzene rings is 2. The molecule has 9 heteroatoms. The highest BCUT2D eigenvalue weighted by Crippen LogP contribution is 2.30. The predicted octanol–water partition coefficient (Wildman–Crippen LogP) is 3.32. The third-order valence-electron chi connectivity index (χ3n) is 3.53. The zero-order chi connectivity index (χ0) is 19.3. The number of nitro groups is 1. The van der Waals surface area contributed by atoms with Crippen LogP contribution in [-0.2, 0) is 4.79 Å². The van der Waals surface area contributed by atoms with Crippen LogP contribution in [-0.4, -0.2) is 22.5 Å². The third kappa shape index (κ3) is 5.21. The summed E-state index contributed by atoms with van der Waals surface area (Å²) >= 11 is 6.95. The van der Waals surface area contributed by atoms with Gasteiger partial charge in [-0.05, 0) is 36.8 Å². The molecule has 0 aromatic heterocycles. The maximum absolute atomic E-state index is 12.1. The van der Waals surface area contributed by atoms with Crippen molar-refractivity contribution in [3.63, 3.8) is 0 Å². The molecule has 2 amide bonds. The lowest BCUT2D eigenvalue weighted by Gasteiger charge is -2.14. The minimum Gasteiger partial charge on any atom is -0.366 e. The molecule has 1 atom stereocenters. The molecule has 0 saturated carbocycles. The summed E-state index contributed by atoms with van der Waals surface area (Å²) in [5, 5.41) is 14.5. The molecule has 2 rings (SSSR count). The lowest BCUT2D eigenvalue weighted by Crippen LogP contribution is -2.28. The Morgan fingerprint density at radius 1 is 1.31 bits per heavy atom. The van der Waals surface area contributed by atoms with E-state index in [0.717, 1.165) is 23.4 Å². The van der Waals surface area contributed by atoms with Gasteiger partial charge in [-0.25, -0.2) is 0 Å². The lowest BCUT2D eigenvalue weighted by atomic mass is 10.1. The van der Waals surface area contributed by atoms with E-state index < -0.39 is 10.8 Å². The number of thioether (sulfide) groups is 1. The lowest BCUT2D eigenvalue weighted by molar-refractivity contribution is -0.387. The Balaban J connectivity index is 2.03. The number of carbonyl (C=O) groups is 2. The van der Waals surface area contributed by atoms with E-state index in [1.54, 1.807) is 18.2 Å². The first-order valence-corrected chi connectivity index (χ1v) is 8.90. The van der Waals surface area contributed by atoms with Gasteiger partial charge in [-0.1, -0.05) is 23.7 Å². The molecule has 2 aromatic carbocycles. The molecular formula is C17H16ClN3O4S. The van der Waals surface area contributed by atoms with Crippen molar-refractivity contribution in [2.45, 2.75) is 17.9 Å². The summed E-state index contributed by atoms with van der Waals surface area (Å²) < 4.78 is 0. The minimum absolute atomic E-state index is 0.0122. The van der Waals surface area contributed by atoms with Gasteiger partial charge in [-0.15, -0.1) is 11.8 Å². The van der Waals surface area contributed by atoms with E-state index in [-0.39, 0.29) is 33.8 Å². The first-order valence-electron chi connectivity index (χ1n) is 7.54. The third-order valence-corrected chi connectivity index (χ3v) is 4.82. The van der Waals surface area contributed by atoms with E-state index >= 15 is 0 Å². The van der Waals surface area contributed by atoms with Gasteiger partial charge in [0.15, 0.2) is 0 Å². The highest BCUT2D eigenvalue weighted by molar-refractivity contribution is 8.00. The van der Waals surface area contributed by atoms with E-state index in [4.69, 9.17) is 17.3 Å². The number of hydrogen-bond acceptors (Lipinski definition) is 5. The summed E-state index contributed by atoms with van der Waals surface area (Å²) in [7, 11) is 0. The number of rotatable bonds is 7. The van der Waals surface area contributed by atoms with Gasteiger partial charge in [0, 0.05) is 16.7 Å². The standard InChI is InChI=1S/C17H16ClN3O4S/c1-10(11-3-2-4-13(18)7-11)20-16(22)9-26-15-6-5-12(17(19)23)8-14(15)21(24)25/h2-8,10H,9H2,1H3,(H2,19,23)(H,20,22). The highest BCUT2D eigenvalue weighted by atomic mass is 35.5. The molecule has 2 aromatic rings. The average Bonchev–Trinajstić information content (AvgIpc) is 2.59. The van der Waals surface area contributed by atoms with Crippen LogP contribution in [0.25, 0.3) is 0 Å². The van der Waals surface area contributed by atoms with Crippen molar-refractivity contribution < 1.29 is 14.5 Å². The summed E-state index contributed by atoms with van der Waals surface area (Å²) in [6.07, 6.45) is 0. The Morgan fingerprint density at radius 3 is 2.65 bits per heavy atom. The van der Waals surface area contributed by atoms with Crippen LogP contribution >= 0.6 is 23.4 Å².